The van der Waals surface area contributed by atoms with Gasteiger partial charge in [-0.3, -0.25) is 4.79 Å². The lowest BCUT2D eigenvalue weighted by Crippen LogP contribution is -2.31. The summed E-state index contributed by atoms with van der Waals surface area (Å²) in [4.78, 5) is 11.5. The maximum absolute atomic E-state index is 13.5. The van der Waals surface area contributed by atoms with Crippen molar-refractivity contribution in [3.05, 3.63) is 30.1 Å². The molecule has 0 aliphatic rings. The highest BCUT2D eigenvalue weighted by atomic mass is 32.2. The molecule has 1 heterocycles. The fourth-order valence-electron chi connectivity index (χ4n) is 1.50. The van der Waals surface area contributed by atoms with Gasteiger partial charge in [0.05, 0.1) is 11.3 Å². The van der Waals surface area contributed by atoms with Crippen LogP contribution in [0.15, 0.2) is 33.9 Å². The summed E-state index contributed by atoms with van der Waals surface area (Å²) >= 11 is 1.12. The molecule has 7 heteroatoms. The first-order chi connectivity index (χ1) is 9.56. The molecule has 0 bridgehead atoms. The van der Waals surface area contributed by atoms with E-state index in [1.165, 1.54) is 6.07 Å². The minimum atomic E-state index is -0.426. The van der Waals surface area contributed by atoms with Crippen LogP contribution in [0, 0.1) is 5.82 Å². The van der Waals surface area contributed by atoms with Gasteiger partial charge < -0.3 is 9.73 Å². The number of rotatable bonds is 5. The Bertz CT molecular complexity index is 601. The number of nitrogens with zero attached hydrogens (tertiary/aromatic N) is 2. The maximum Gasteiger partial charge on any atom is 0.277 e. The van der Waals surface area contributed by atoms with Crippen LogP contribution in [0.5, 0.6) is 0 Å². The highest BCUT2D eigenvalue weighted by molar-refractivity contribution is 7.99. The zero-order chi connectivity index (χ0) is 14.5. The van der Waals surface area contributed by atoms with Crippen molar-refractivity contribution in [3.63, 3.8) is 0 Å². The van der Waals surface area contributed by atoms with Crippen LogP contribution in [0.3, 0.4) is 0 Å². The molecule has 1 aromatic carbocycles. The van der Waals surface area contributed by atoms with E-state index in [4.69, 9.17) is 4.42 Å². The average molecular weight is 295 g/mol. The molecule has 2 aromatic rings. The number of halogens is 1. The summed E-state index contributed by atoms with van der Waals surface area (Å²) in [5.74, 6) is -0.257. The van der Waals surface area contributed by atoms with Gasteiger partial charge in [0.15, 0.2) is 0 Å². The number of carbonyl (C=O) groups excluding carboxylic acids is 1. The Labute approximate surface area is 120 Å². The van der Waals surface area contributed by atoms with E-state index in [0.717, 1.165) is 11.8 Å². The Kier molecular flexibility index (Phi) is 4.73. The quantitative estimate of drug-likeness (QED) is 0.858. The third kappa shape index (κ3) is 3.80. The van der Waals surface area contributed by atoms with Crippen LogP contribution in [-0.4, -0.2) is 27.9 Å². The third-order valence-corrected chi connectivity index (χ3v) is 3.11. The Balaban J connectivity index is 2.00. The van der Waals surface area contributed by atoms with Gasteiger partial charge in [-0.25, -0.2) is 4.39 Å². The standard InChI is InChI=1S/C13H14FN3O2S/c1-8(2)15-11(18)7-20-13-17-16-12(19-13)9-5-3-4-6-10(9)14/h3-6,8H,7H2,1-2H3,(H,15,18). The van der Waals surface area contributed by atoms with Gasteiger partial charge in [0, 0.05) is 6.04 Å². The molecule has 1 N–H and O–H groups in total. The zero-order valence-corrected chi connectivity index (χ0v) is 11.9. The van der Waals surface area contributed by atoms with Crippen molar-refractivity contribution in [1.82, 2.24) is 15.5 Å². The van der Waals surface area contributed by atoms with E-state index in [2.05, 4.69) is 15.5 Å². The predicted molar refractivity (Wildman–Crippen MR) is 73.7 cm³/mol. The van der Waals surface area contributed by atoms with Crippen molar-refractivity contribution < 1.29 is 13.6 Å². The first-order valence-electron chi connectivity index (χ1n) is 6.07. The number of hydrogen-bond acceptors (Lipinski definition) is 5. The molecule has 5 nitrogen and oxygen atoms in total. The van der Waals surface area contributed by atoms with E-state index < -0.39 is 5.82 Å². The summed E-state index contributed by atoms with van der Waals surface area (Å²) in [6.07, 6.45) is 0. The molecule has 0 aliphatic carbocycles. The van der Waals surface area contributed by atoms with Gasteiger partial charge in [-0.15, -0.1) is 10.2 Å². The molecule has 1 aromatic heterocycles. The van der Waals surface area contributed by atoms with Crippen molar-refractivity contribution in [2.24, 2.45) is 0 Å². The predicted octanol–water partition coefficient (Wildman–Crippen LogP) is 2.49. The normalized spacial score (nSPS) is 10.8. The number of nitrogens with one attached hydrogen (secondary N) is 1. The summed E-state index contributed by atoms with van der Waals surface area (Å²) in [5.41, 5.74) is 0.249. The van der Waals surface area contributed by atoms with Gasteiger partial charge in [0.2, 0.25) is 5.91 Å². The van der Waals surface area contributed by atoms with Crippen molar-refractivity contribution >= 4 is 17.7 Å². The van der Waals surface area contributed by atoms with E-state index in [1.807, 2.05) is 13.8 Å². The lowest BCUT2D eigenvalue weighted by molar-refractivity contribution is -0.119. The molecule has 0 atom stereocenters. The van der Waals surface area contributed by atoms with E-state index in [-0.39, 0.29) is 34.4 Å². The van der Waals surface area contributed by atoms with Gasteiger partial charge in [-0.05, 0) is 26.0 Å². The first-order valence-corrected chi connectivity index (χ1v) is 7.05. The lowest BCUT2D eigenvalue weighted by Gasteiger charge is -2.06. The molecule has 0 radical (unpaired) electrons. The molecule has 2 rings (SSSR count). The van der Waals surface area contributed by atoms with E-state index in [1.54, 1.807) is 18.2 Å². The fourth-order valence-corrected chi connectivity index (χ4v) is 2.08. The first kappa shape index (κ1) is 14.5. The average Bonchev–Trinajstić information content (AvgIpc) is 2.85. The molecule has 0 saturated carbocycles. The third-order valence-electron chi connectivity index (χ3n) is 2.29. The number of carbonyl (C=O) groups is 1. The summed E-state index contributed by atoms with van der Waals surface area (Å²) in [6.45, 7) is 3.76. The van der Waals surface area contributed by atoms with Crippen molar-refractivity contribution in [2.75, 3.05) is 5.75 Å². The lowest BCUT2D eigenvalue weighted by atomic mass is 10.2. The Hall–Kier alpha value is -1.89. The zero-order valence-electron chi connectivity index (χ0n) is 11.1. The van der Waals surface area contributed by atoms with Crippen LogP contribution >= 0.6 is 11.8 Å². The largest absolute Gasteiger partial charge is 0.411 e. The van der Waals surface area contributed by atoms with Crippen LogP contribution in [0.2, 0.25) is 0 Å². The molecule has 20 heavy (non-hydrogen) atoms. The minimum Gasteiger partial charge on any atom is -0.411 e. The summed E-state index contributed by atoms with van der Waals surface area (Å²) in [7, 11) is 0. The SMILES string of the molecule is CC(C)NC(=O)CSc1nnc(-c2ccccc2F)o1. The van der Waals surface area contributed by atoms with E-state index >= 15 is 0 Å². The van der Waals surface area contributed by atoms with Crippen LogP contribution in [0.25, 0.3) is 11.5 Å². The molecule has 0 aliphatic heterocycles. The van der Waals surface area contributed by atoms with Crippen LogP contribution in [0.4, 0.5) is 4.39 Å². The summed E-state index contributed by atoms with van der Waals surface area (Å²) in [6, 6.07) is 6.23. The van der Waals surface area contributed by atoms with Crippen molar-refractivity contribution in [1.29, 1.82) is 0 Å². The monoisotopic (exact) mass is 295 g/mol. The van der Waals surface area contributed by atoms with Gasteiger partial charge in [0.1, 0.15) is 5.82 Å². The molecule has 0 unspecified atom stereocenters. The van der Waals surface area contributed by atoms with Gasteiger partial charge in [0.25, 0.3) is 11.1 Å². The topological polar surface area (TPSA) is 68.0 Å². The number of hydrogen-bond donors (Lipinski definition) is 1. The Morgan fingerprint density at radius 3 is 2.85 bits per heavy atom. The second-order valence-corrected chi connectivity index (χ2v) is 5.29. The van der Waals surface area contributed by atoms with Gasteiger partial charge in [-0.1, -0.05) is 23.9 Å². The van der Waals surface area contributed by atoms with Crippen LogP contribution in [-0.2, 0) is 4.79 Å². The van der Waals surface area contributed by atoms with E-state index in [9.17, 15) is 9.18 Å². The van der Waals surface area contributed by atoms with E-state index in [0.29, 0.717) is 0 Å². The molecule has 0 saturated heterocycles. The summed E-state index contributed by atoms with van der Waals surface area (Å²) < 4.78 is 18.9. The highest BCUT2D eigenvalue weighted by Gasteiger charge is 2.14. The Morgan fingerprint density at radius 1 is 1.40 bits per heavy atom. The van der Waals surface area contributed by atoms with Crippen molar-refractivity contribution in [2.45, 2.75) is 25.1 Å². The highest BCUT2D eigenvalue weighted by Crippen LogP contribution is 2.24. The molecule has 106 valence electrons. The molecule has 0 fully saturated rings. The summed E-state index contributed by atoms with van der Waals surface area (Å²) in [5, 5.41) is 10.6. The molecule has 0 spiro atoms. The van der Waals surface area contributed by atoms with Crippen LogP contribution in [0.1, 0.15) is 13.8 Å². The van der Waals surface area contributed by atoms with Crippen LogP contribution < -0.4 is 5.32 Å². The molecular formula is C13H14FN3O2S. The van der Waals surface area contributed by atoms with Crippen molar-refractivity contribution in [3.8, 4) is 11.5 Å². The minimum absolute atomic E-state index is 0.0831. The van der Waals surface area contributed by atoms with Gasteiger partial charge in [-0.2, -0.15) is 0 Å². The second-order valence-electron chi connectivity index (χ2n) is 4.36. The maximum atomic E-state index is 13.5. The molecular weight excluding hydrogens is 281 g/mol. The number of amides is 1. The fraction of sp³-hybridized carbons (Fsp3) is 0.308. The number of thioether (sulfide) groups is 1. The number of aromatic nitrogens is 2. The second kappa shape index (κ2) is 6.51. The van der Waals surface area contributed by atoms with Gasteiger partial charge >= 0.3 is 0 Å². The molecule has 1 amide bonds. The Morgan fingerprint density at radius 2 is 2.15 bits per heavy atom. The smallest absolute Gasteiger partial charge is 0.277 e. The number of benzene rings is 1.